The number of anilines is 1. The molecule has 0 bridgehead atoms. The molecule has 8 nitrogen and oxygen atoms in total. The molecule has 0 atom stereocenters. The van der Waals surface area contributed by atoms with Crippen LogP contribution in [0.4, 0.5) is 11.4 Å². The number of benzene rings is 3. The summed E-state index contributed by atoms with van der Waals surface area (Å²) in [6.07, 6.45) is 0.000603. The molecule has 0 spiro atoms. The number of amides is 2. The number of halogens is 1. The number of esters is 1. The Labute approximate surface area is 180 Å². The standard InChI is InChI=1S/C22H13ClN2O6/c23-14-9-7-13(8-10-14)11-19(26)31-16-4-1-3-15(12-16)24-21(27)17-5-2-6-18(25(29)30)20(17)22(24)28/h1-10,12H,11H2. The Morgan fingerprint density at radius 2 is 1.71 bits per heavy atom. The molecule has 0 saturated carbocycles. The van der Waals surface area contributed by atoms with Crippen LogP contribution in [0, 0.1) is 10.1 Å². The molecule has 2 amide bonds. The van der Waals surface area contributed by atoms with Gasteiger partial charge in [0.05, 0.1) is 22.6 Å². The minimum atomic E-state index is -0.808. The van der Waals surface area contributed by atoms with Crippen molar-refractivity contribution in [2.75, 3.05) is 4.90 Å². The van der Waals surface area contributed by atoms with Crippen LogP contribution in [0.3, 0.4) is 0 Å². The number of hydrogen-bond donors (Lipinski definition) is 0. The Kier molecular flexibility index (Phi) is 5.22. The van der Waals surface area contributed by atoms with Gasteiger partial charge in [0.25, 0.3) is 17.5 Å². The number of imide groups is 1. The lowest BCUT2D eigenvalue weighted by molar-refractivity contribution is -0.385. The normalized spacial score (nSPS) is 12.6. The summed E-state index contributed by atoms with van der Waals surface area (Å²) in [5.74, 6) is -1.91. The van der Waals surface area contributed by atoms with Gasteiger partial charge in [-0.2, -0.15) is 0 Å². The van der Waals surface area contributed by atoms with Crippen LogP contribution in [-0.2, 0) is 11.2 Å². The SMILES string of the molecule is O=C(Cc1ccc(Cl)cc1)Oc1cccc(N2C(=O)c3cccc([N+](=O)[O-])c3C2=O)c1. The lowest BCUT2D eigenvalue weighted by Gasteiger charge is -2.15. The van der Waals surface area contributed by atoms with E-state index in [-0.39, 0.29) is 29.0 Å². The van der Waals surface area contributed by atoms with Crippen molar-refractivity contribution in [3.63, 3.8) is 0 Å². The summed E-state index contributed by atoms with van der Waals surface area (Å²) < 4.78 is 5.33. The molecule has 0 aliphatic carbocycles. The van der Waals surface area contributed by atoms with E-state index in [2.05, 4.69) is 0 Å². The van der Waals surface area contributed by atoms with Crippen molar-refractivity contribution in [1.82, 2.24) is 0 Å². The molecule has 0 saturated heterocycles. The van der Waals surface area contributed by atoms with E-state index < -0.39 is 28.4 Å². The molecule has 1 aliphatic rings. The Morgan fingerprint density at radius 3 is 2.42 bits per heavy atom. The van der Waals surface area contributed by atoms with Crippen molar-refractivity contribution < 1.29 is 24.0 Å². The largest absolute Gasteiger partial charge is 0.426 e. The molecular weight excluding hydrogens is 424 g/mol. The number of hydrogen-bond acceptors (Lipinski definition) is 6. The summed E-state index contributed by atoms with van der Waals surface area (Å²) >= 11 is 5.83. The van der Waals surface area contributed by atoms with Gasteiger partial charge >= 0.3 is 5.97 Å². The van der Waals surface area contributed by atoms with Crippen molar-refractivity contribution >= 4 is 40.8 Å². The minimum absolute atomic E-state index is 0.000603. The van der Waals surface area contributed by atoms with Crippen molar-refractivity contribution in [3.05, 3.63) is 98.6 Å². The van der Waals surface area contributed by atoms with Crippen molar-refractivity contribution in [2.24, 2.45) is 0 Å². The predicted molar refractivity (Wildman–Crippen MR) is 111 cm³/mol. The number of ether oxygens (including phenoxy) is 1. The third kappa shape index (κ3) is 3.88. The molecule has 0 aromatic heterocycles. The summed E-state index contributed by atoms with van der Waals surface area (Å²) in [4.78, 5) is 49.2. The first-order valence-electron chi connectivity index (χ1n) is 9.06. The average Bonchev–Trinajstić information content (AvgIpc) is 3.00. The summed E-state index contributed by atoms with van der Waals surface area (Å²) in [5, 5.41) is 11.8. The van der Waals surface area contributed by atoms with E-state index in [1.165, 1.54) is 42.5 Å². The molecule has 31 heavy (non-hydrogen) atoms. The number of nitro groups is 1. The summed E-state index contributed by atoms with van der Waals surface area (Å²) in [6, 6.07) is 16.4. The van der Waals surface area contributed by atoms with Crippen LogP contribution in [0.5, 0.6) is 5.75 Å². The molecule has 154 valence electrons. The van der Waals surface area contributed by atoms with Gasteiger partial charge in [-0.1, -0.05) is 35.9 Å². The number of rotatable bonds is 5. The van der Waals surface area contributed by atoms with E-state index in [9.17, 15) is 24.5 Å². The monoisotopic (exact) mass is 436 g/mol. The van der Waals surface area contributed by atoms with Crippen LogP contribution in [-0.4, -0.2) is 22.7 Å². The van der Waals surface area contributed by atoms with E-state index in [1.54, 1.807) is 24.3 Å². The van der Waals surface area contributed by atoms with Gasteiger partial charge in [0.2, 0.25) is 0 Å². The Balaban J connectivity index is 1.57. The van der Waals surface area contributed by atoms with Gasteiger partial charge in [-0.25, -0.2) is 4.90 Å². The van der Waals surface area contributed by atoms with Crippen LogP contribution >= 0.6 is 11.6 Å². The fourth-order valence-electron chi connectivity index (χ4n) is 3.28. The number of carbonyl (C=O) groups is 3. The molecule has 3 aromatic carbocycles. The van der Waals surface area contributed by atoms with E-state index in [4.69, 9.17) is 16.3 Å². The lowest BCUT2D eigenvalue weighted by Crippen LogP contribution is -2.29. The Morgan fingerprint density at radius 1 is 1.00 bits per heavy atom. The van der Waals surface area contributed by atoms with Crippen molar-refractivity contribution in [1.29, 1.82) is 0 Å². The van der Waals surface area contributed by atoms with Gasteiger partial charge in [0, 0.05) is 17.2 Å². The van der Waals surface area contributed by atoms with E-state index in [0.717, 1.165) is 4.90 Å². The van der Waals surface area contributed by atoms with E-state index in [1.807, 2.05) is 0 Å². The lowest BCUT2D eigenvalue weighted by atomic mass is 10.1. The van der Waals surface area contributed by atoms with Crippen molar-refractivity contribution in [2.45, 2.75) is 6.42 Å². The van der Waals surface area contributed by atoms with E-state index in [0.29, 0.717) is 10.6 Å². The van der Waals surface area contributed by atoms with Gasteiger partial charge in [-0.3, -0.25) is 24.5 Å². The second-order valence-corrected chi connectivity index (χ2v) is 7.11. The highest BCUT2D eigenvalue weighted by Crippen LogP contribution is 2.34. The zero-order valence-electron chi connectivity index (χ0n) is 15.8. The highest BCUT2D eigenvalue weighted by molar-refractivity contribution is 6.35. The fraction of sp³-hybridized carbons (Fsp3) is 0.0455. The Bertz CT molecular complexity index is 1240. The average molecular weight is 437 g/mol. The van der Waals surface area contributed by atoms with Crippen molar-refractivity contribution in [3.8, 4) is 5.75 Å². The summed E-state index contributed by atoms with van der Waals surface area (Å²) in [7, 11) is 0. The topological polar surface area (TPSA) is 107 Å². The molecule has 0 unspecified atom stereocenters. The highest BCUT2D eigenvalue weighted by Gasteiger charge is 2.41. The van der Waals surface area contributed by atoms with E-state index >= 15 is 0 Å². The molecule has 1 aliphatic heterocycles. The summed E-state index contributed by atoms with van der Waals surface area (Å²) in [6.45, 7) is 0. The van der Waals surface area contributed by atoms with Gasteiger partial charge in [0.1, 0.15) is 11.3 Å². The molecule has 0 fully saturated rings. The molecule has 4 rings (SSSR count). The molecule has 0 radical (unpaired) electrons. The maximum atomic E-state index is 12.8. The maximum absolute atomic E-state index is 12.8. The first kappa shape index (κ1) is 20.2. The molecule has 1 heterocycles. The minimum Gasteiger partial charge on any atom is -0.426 e. The van der Waals surface area contributed by atoms with Crippen LogP contribution < -0.4 is 9.64 Å². The van der Waals surface area contributed by atoms with Gasteiger partial charge < -0.3 is 4.74 Å². The zero-order chi connectivity index (χ0) is 22.1. The van der Waals surface area contributed by atoms with Crippen LogP contribution in [0.15, 0.2) is 66.7 Å². The van der Waals surface area contributed by atoms with Gasteiger partial charge in [-0.05, 0) is 35.9 Å². The third-order valence-corrected chi connectivity index (χ3v) is 4.91. The fourth-order valence-corrected chi connectivity index (χ4v) is 3.40. The van der Waals surface area contributed by atoms with Crippen LogP contribution in [0.25, 0.3) is 0 Å². The molecule has 0 N–H and O–H groups in total. The highest BCUT2D eigenvalue weighted by atomic mass is 35.5. The zero-order valence-corrected chi connectivity index (χ0v) is 16.5. The molecule has 9 heteroatoms. The second-order valence-electron chi connectivity index (χ2n) is 6.68. The summed E-state index contributed by atoms with van der Waals surface area (Å²) in [5.41, 5.74) is 0.0892. The van der Waals surface area contributed by atoms with Crippen LogP contribution in [0.1, 0.15) is 26.3 Å². The van der Waals surface area contributed by atoms with Crippen LogP contribution in [0.2, 0.25) is 5.02 Å². The third-order valence-electron chi connectivity index (χ3n) is 4.66. The van der Waals surface area contributed by atoms with Gasteiger partial charge in [-0.15, -0.1) is 0 Å². The smallest absolute Gasteiger partial charge is 0.315 e. The second kappa shape index (κ2) is 8.00. The number of carbonyl (C=O) groups excluding carboxylic acids is 3. The first-order chi connectivity index (χ1) is 14.8. The predicted octanol–water partition coefficient (Wildman–Crippen LogP) is 4.20. The number of nitro benzene ring substituents is 1. The Hall–Kier alpha value is -4.04. The molecule has 3 aromatic rings. The molecular formula is C22H13ClN2O6. The van der Waals surface area contributed by atoms with Gasteiger partial charge in [0.15, 0.2) is 0 Å². The first-order valence-corrected chi connectivity index (χ1v) is 9.44. The quantitative estimate of drug-likeness (QED) is 0.195. The maximum Gasteiger partial charge on any atom is 0.315 e. The number of fused-ring (bicyclic) bond motifs is 1. The number of nitrogens with zero attached hydrogens (tertiary/aromatic N) is 2.